The Labute approximate surface area is 555 Å². The first-order valence-corrected chi connectivity index (χ1v) is 33.7. The van der Waals surface area contributed by atoms with Gasteiger partial charge >= 0.3 is 5.97 Å². The third-order valence-corrected chi connectivity index (χ3v) is 24.7. The topological polar surface area (TPSA) is 512 Å². The van der Waals surface area contributed by atoms with Gasteiger partial charge in [-0.25, -0.2) is 0 Å². The lowest BCUT2D eigenvalue weighted by Crippen LogP contribution is -2.72. The van der Waals surface area contributed by atoms with Crippen LogP contribution >= 0.6 is 0 Å². The van der Waals surface area contributed by atoms with Gasteiger partial charge in [0.05, 0.1) is 69.0 Å². The van der Waals surface area contributed by atoms with Crippen LogP contribution < -0.4 is 0 Å². The van der Waals surface area contributed by atoms with Crippen LogP contribution in [-0.2, 0) is 61.6 Å². The second kappa shape index (κ2) is 27.9. The van der Waals surface area contributed by atoms with Gasteiger partial charge in [0.2, 0.25) is 6.29 Å². The average Bonchev–Trinajstić information content (AvgIpc) is 0.669. The predicted molar refractivity (Wildman–Crippen MR) is 317 cm³/mol. The van der Waals surface area contributed by atoms with E-state index < -0.39 is 268 Å². The molecule has 0 amide bonds. The van der Waals surface area contributed by atoms with E-state index in [1.807, 2.05) is 6.92 Å². The molecule has 6 aliphatic heterocycles. The highest BCUT2D eigenvalue weighted by molar-refractivity contribution is 5.79. The molecule has 6 saturated heterocycles. The van der Waals surface area contributed by atoms with Crippen LogP contribution in [0.4, 0.5) is 0 Å². The Bertz CT molecular complexity index is 2720. The molecule has 0 aromatic carbocycles. The van der Waals surface area contributed by atoms with Gasteiger partial charge in [-0.15, -0.1) is 0 Å². The maximum Gasteiger partial charge on any atom is 0.315 e. The number of hydrogen-bond donors (Lipinski definition) is 19. The third kappa shape index (κ3) is 12.7. The molecule has 19 N–H and O–H groups in total. The molecule has 4 saturated carbocycles. The summed E-state index contributed by atoms with van der Waals surface area (Å²) in [7, 11) is 0. The number of hydrogen-bond acceptors (Lipinski definition) is 32. The van der Waals surface area contributed by atoms with Crippen LogP contribution in [0.2, 0.25) is 0 Å². The van der Waals surface area contributed by atoms with E-state index in [1.165, 1.54) is 13.8 Å². The van der Waals surface area contributed by atoms with Crippen LogP contribution in [0.3, 0.4) is 0 Å². The molecular formula is C64H104O32. The molecule has 11 rings (SSSR count). The lowest BCUT2D eigenvalue weighted by atomic mass is 9.33. The van der Waals surface area contributed by atoms with Gasteiger partial charge in [0.25, 0.3) is 0 Å². The van der Waals surface area contributed by atoms with Gasteiger partial charge in [-0.3, -0.25) is 4.79 Å². The van der Waals surface area contributed by atoms with E-state index in [9.17, 15) is 97.0 Å². The summed E-state index contributed by atoms with van der Waals surface area (Å²) in [6.45, 7) is 12.0. The van der Waals surface area contributed by atoms with Crippen LogP contribution in [0.1, 0.15) is 107 Å². The summed E-state index contributed by atoms with van der Waals surface area (Å²) in [5, 5.41) is 210. The zero-order valence-electron chi connectivity index (χ0n) is 55.2. The number of aliphatic hydroxyl groups excluding tert-OH is 19. The fourth-order valence-corrected chi connectivity index (χ4v) is 19.1. The number of carbonyl (C=O) groups excluding carboxylic acids is 1. The Morgan fingerprint density at radius 3 is 1.71 bits per heavy atom. The molecule has 39 atom stereocenters. The molecule has 0 radical (unpaired) electrons. The zero-order chi connectivity index (χ0) is 70.2. The number of aliphatic hydroxyl groups is 19. The monoisotopic (exact) mass is 1380 g/mol. The summed E-state index contributed by atoms with van der Waals surface area (Å²) in [6.07, 6.45) is -45.3. The third-order valence-electron chi connectivity index (χ3n) is 24.7. The first-order valence-electron chi connectivity index (χ1n) is 33.7. The highest BCUT2D eigenvalue weighted by Gasteiger charge is 2.74. The molecule has 10 fully saturated rings. The molecule has 96 heavy (non-hydrogen) atoms. The SMILES string of the molecule is C[C@@H]1O[C@@H](O[C@@H]2[C@@H](O)[C@H](O[C@@H]3[C@@H](O)[C@@H](O)[C@H](O[C@@H]4[C@@H](OC(=O)[C@]56CCC(C)(C)C[C@H]5C5=CC[C@@H]7[C@@]8(C)C[C@H](O)[C@H](O[C@@H]9O[C@H](CO[C@@H]%10O[C@H](CO)[C@@H](O)[C@H](O)[C@H]%10O)[C@@H](O)[C@H](O)[C@H]9O)[C@@](C)(CO)[C@@H]8[C@H](O)C[C@@]7(C)[C@]5(C)CC6)OC[C@@H](O)[C@H]4O)O[C@H]3C)OC[C@H]2O)[C@H](O)[C@H](O)[C@H]1O. The maximum atomic E-state index is 15.5. The Morgan fingerprint density at radius 1 is 0.500 bits per heavy atom. The van der Waals surface area contributed by atoms with Crippen molar-refractivity contribution in [3.05, 3.63) is 11.6 Å². The Balaban J connectivity index is 0.783. The van der Waals surface area contributed by atoms with Crippen molar-refractivity contribution in [3.63, 3.8) is 0 Å². The van der Waals surface area contributed by atoms with Gasteiger partial charge in [0.1, 0.15) is 116 Å². The number of allylic oxidation sites excluding steroid dienone is 2. The summed E-state index contributed by atoms with van der Waals surface area (Å²) in [4.78, 5) is 15.5. The molecule has 5 aliphatic carbocycles. The minimum absolute atomic E-state index is 0.0195. The Kier molecular flexibility index (Phi) is 21.8. The van der Waals surface area contributed by atoms with Crippen molar-refractivity contribution >= 4 is 5.97 Å². The molecule has 0 aromatic rings. The standard InChI is InChI=1S/C64H104O32/c1-23-34(71)38(75)43(80)54(88-23)93-48-30(70)20-85-53(46(48)83)92-47-24(2)89-55(45(82)41(47)78)94-49-35(72)29(69)19-86-57(49)96-58(84)64-13-11-59(3,4)15-26(64)25-9-10-33-60(5)16-28(68)51(61(6,22-66)50(60)27(67)17-63(33,8)62(25,7)12-14-64)95-56-44(81)40(77)37(74)32(91-56)21-87-52-42(79)39(76)36(73)31(18-65)90-52/h9,23-24,26-57,65-83H,10-22H2,1-8H3/t23-,24-,26-,27+,28-,29+,30+,31+,32+,33+,34-,35+,36+,37+,38+,39-,40-,41-,42+,43+,44+,45+,46+,47-,48-,49-,50+,51-,52+,53-,54-,55-,56-,57+,60+,61-,62+,63+,64-/m0/s1. The van der Waals surface area contributed by atoms with E-state index in [0.29, 0.717) is 32.1 Å². The van der Waals surface area contributed by atoms with E-state index in [4.69, 9.17) is 56.8 Å². The fourth-order valence-electron chi connectivity index (χ4n) is 19.1. The average molecular weight is 1390 g/mol. The summed E-state index contributed by atoms with van der Waals surface area (Å²) < 4.78 is 70.7. The minimum atomic E-state index is -1.98. The van der Waals surface area contributed by atoms with Crippen LogP contribution in [0.15, 0.2) is 11.6 Å². The normalized spacial score (nSPS) is 55.9. The maximum absolute atomic E-state index is 15.5. The molecule has 11 aliphatic rings. The predicted octanol–water partition coefficient (Wildman–Crippen LogP) is -6.14. The van der Waals surface area contributed by atoms with E-state index in [1.54, 1.807) is 6.92 Å². The minimum Gasteiger partial charge on any atom is -0.432 e. The highest BCUT2D eigenvalue weighted by Crippen LogP contribution is 2.76. The molecule has 0 spiro atoms. The van der Waals surface area contributed by atoms with Crippen LogP contribution in [0.5, 0.6) is 0 Å². The van der Waals surface area contributed by atoms with Crippen LogP contribution in [-0.4, -0.2) is 326 Å². The van der Waals surface area contributed by atoms with E-state index in [2.05, 4.69) is 33.8 Å². The van der Waals surface area contributed by atoms with E-state index in [0.717, 1.165) is 5.57 Å². The van der Waals surface area contributed by atoms with Crippen molar-refractivity contribution in [2.24, 2.45) is 50.2 Å². The molecule has 6 heterocycles. The summed E-state index contributed by atoms with van der Waals surface area (Å²) in [5.74, 6) is -2.16. The van der Waals surface area contributed by atoms with Crippen molar-refractivity contribution in [1.29, 1.82) is 0 Å². The number of ether oxygens (including phenoxy) is 12. The second-order valence-electron chi connectivity index (χ2n) is 31.2. The van der Waals surface area contributed by atoms with Gasteiger partial charge in [-0.1, -0.05) is 53.2 Å². The molecule has 32 heteroatoms. The summed E-state index contributed by atoms with van der Waals surface area (Å²) >= 11 is 0. The number of carbonyl (C=O) groups is 1. The fraction of sp³-hybridized carbons (Fsp3) is 0.953. The van der Waals surface area contributed by atoms with Crippen molar-refractivity contribution in [2.45, 2.75) is 297 Å². The summed E-state index contributed by atoms with van der Waals surface area (Å²) in [5.41, 5.74) is -4.32. The van der Waals surface area contributed by atoms with Crippen LogP contribution in [0, 0.1) is 50.2 Å². The first kappa shape index (κ1) is 75.2. The van der Waals surface area contributed by atoms with Gasteiger partial charge in [-0.2, -0.15) is 0 Å². The van der Waals surface area contributed by atoms with Gasteiger partial charge < -0.3 is 154 Å². The number of fused-ring (bicyclic) bond motifs is 7. The van der Waals surface area contributed by atoms with Gasteiger partial charge in [-0.05, 0) is 98.7 Å². The smallest absolute Gasteiger partial charge is 0.315 e. The van der Waals surface area contributed by atoms with Gasteiger partial charge in [0.15, 0.2) is 37.6 Å². The van der Waals surface area contributed by atoms with Crippen molar-refractivity contribution in [1.82, 2.24) is 0 Å². The molecule has 552 valence electrons. The number of rotatable bonds is 15. The Hall–Kier alpha value is -1.99. The van der Waals surface area contributed by atoms with Crippen molar-refractivity contribution < 1.29 is 159 Å². The largest absolute Gasteiger partial charge is 0.432 e. The lowest BCUT2D eigenvalue weighted by Gasteiger charge is -2.72. The van der Waals surface area contributed by atoms with Crippen LogP contribution in [0.25, 0.3) is 0 Å². The zero-order valence-corrected chi connectivity index (χ0v) is 55.2. The highest BCUT2D eigenvalue weighted by atomic mass is 16.8. The molecule has 32 nitrogen and oxygen atoms in total. The Morgan fingerprint density at radius 2 is 1.05 bits per heavy atom. The molecular weight excluding hydrogens is 1280 g/mol. The quantitative estimate of drug-likeness (QED) is 0.0412. The summed E-state index contributed by atoms with van der Waals surface area (Å²) in [6, 6.07) is 0. The molecule has 0 aromatic heterocycles. The lowest BCUT2D eigenvalue weighted by molar-refractivity contribution is -0.377. The first-order chi connectivity index (χ1) is 44.9. The second-order valence-corrected chi connectivity index (χ2v) is 31.2. The molecule has 0 unspecified atom stereocenters. The van der Waals surface area contributed by atoms with Crippen molar-refractivity contribution in [3.8, 4) is 0 Å². The van der Waals surface area contributed by atoms with Crippen molar-refractivity contribution in [2.75, 3.05) is 33.0 Å². The molecule has 0 bridgehead atoms. The number of esters is 1. The van der Waals surface area contributed by atoms with Gasteiger partial charge in [0, 0.05) is 11.3 Å². The van der Waals surface area contributed by atoms with E-state index >= 15 is 4.79 Å². The van der Waals surface area contributed by atoms with E-state index in [-0.39, 0.29) is 30.6 Å².